The second-order valence-corrected chi connectivity index (χ2v) is 17.3. The van der Waals surface area contributed by atoms with Crippen LogP contribution in [-0.4, -0.2) is 15.0 Å². The molecule has 62 heavy (non-hydrogen) atoms. The summed E-state index contributed by atoms with van der Waals surface area (Å²) in [5, 5.41) is 0. The summed E-state index contributed by atoms with van der Waals surface area (Å²) in [5.74, 6) is 1.94. The zero-order valence-electron chi connectivity index (χ0n) is 35.3. The molecule has 8 aromatic carbocycles. The fourth-order valence-corrected chi connectivity index (χ4v) is 9.60. The first-order valence-electron chi connectivity index (χ1n) is 21.4. The van der Waals surface area contributed by atoms with Crippen molar-refractivity contribution in [1.29, 1.82) is 0 Å². The van der Waals surface area contributed by atoms with Crippen molar-refractivity contribution in [3.05, 3.63) is 222 Å². The molecule has 5 nitrogen and oxygen atoms in total. The van der Waals surface area contributed by atoms with Gasteiger partial charge in [0.2, 0.25) is 0 Å². The quantitative estimate of drug-likeness (QED) is 0.168. The maximum Gasteiger partial charge on any atom is 0.164 e. The molecule has 1 aromatic heterocycles. The molecular weight excluding hydrogens is 755 g/mol. The number of rotatable bonds is 6. The summed E-state index contributed by atoms with van der Waals surface area (Å²) < 4.78 is 0. The molecule has 2 aliphatic rings. The Hall–Kier alpha value is -7.63. The lowest BCUT2D eigenvalue weighted by Gasteiger charge is -2.43. The van der Waals surface area contributed by atoms with Gasteiger partial charge in [-0.3, -0.25) is 0 Å². The lowest BCUT2D eigenvalue weighted by molar-refractivity contribution is 0.631. The van der Waals surface area contributed by atoms with Crippen LogP contribution >= 0.6 is 0 Å². The fourth-order valence-electron chi connectivity index (χ4n) is 9.60. The molecule has 0 aliphatic carbocycles. The molecule has 0 saturated carbocycles. The van der Waals surface area contributed by atoms with Crippen LogP contribution in [0.1, 0.15) is 49.9 Å². The van der Waals surface area contributed by atoms with Gasteiger partial charge in [0.1, 0.15) is 0 Å². The third-order valence-electron chi connectivity index (χ3n) is 12.9. The van der Waals surface area contributed by atoms with E-state index in [-0.39, 0.29) is 10.8 Å². The third kappa shape index (κ3) is 6.11. The van der Waals surface area contributed by atoms with Gasteiger partial charge in [0, 0.05) is 38.9 Å². The average molecular weight is 800 g/mol. The van der Waals surface area contributed by atoms with Crippen molar-refractivity contribution >= 4 is 34.1 Å². The highest BCUT2D eigenvalue weighted by atomic mass is 15.2. The Labute approximate surface area is 363 Å². The van der Waals surface area contributed by atoms with Crippen LogP contribution in [0, 0.1) is 0 Å². The van der Waals surface area contributed by atoms with E-state index in [0.29, 0.717) is 17.5 Å². The van der Waals surface area contributed by atoms with E-state index in [1.54, 1.807) is 0 Å². The minimum atomic E-state index is -0.384. The highest BCUT2D eigenvalue weighted by molar-refractivity contribution is 5.91. The topological polar surface area (TPSA) is 45.2 Å². The van der Waals surface area contributed by atoms with Crippen molar-refractivity contribution in [3.63, 3.8) is 0 Å². The number of fused-ring (bicyclic) bond motifs is 4. The van der Waals surface area contributed by atoms with E-state index >= 15 is 0 Å². The number of nitrogens with zero attached hydrogens (tertiary/aromatic N) is 5. The Morgan fingerprint density at radius 1 is 0.290 bits per heavy atom. The molecule has 298 valence electrons. The molecule has 3 heterocycles. The highest BCUT2D eigenvalue weighted by Gasteiger charge is 2.39. The maximum absolute atomic E-state index is 5.12. The summed E-state index contributed by atoms with van der Waals surface area (Å²) in [6.45, 7) is 9.39. The maximum atomic E-state index is 5.12. The third-order valence-corrected chi connectivity index (χ3v) is 12.9. The van der Waals surface area contributed by atoms with Crippen LogP contribution in [0.3, 0.4) is 0 Å². The second-order valence-electron chi connectivity index (χ2n) is 17.3. The number of hydrogen-bond donors (Lipinski definition) is 0. The van der Waals surface area contributed by atoms with E-state index < -0.39 is 0 Å². The number of para-hydroxylation sites is 3. The Balaban J connectivity index is 1.07. The fraction of sp³-hybridized carbons (Fsp3) is 0.105. The van der Waals surface area contributed by atoms with Crippen LogP contribution in [0.25, 0.3) is 45.3 Å². The molecule has 0 amide bonds. The molecule has 0 atom stereocenters. The molecule has 5 heteroatoms. The van der Waals surface area contributed by atoms with Crippen molar-refractivity contribution in [2.75, 3.05) is 9.80 Å². The molecule has 9 aromatic rings. The summed E-state index contributed by atoms with van der Waals surface area (Å²) >= 11 is 0. The first kappa shape index (κ1) is 37.4. The summed E-state index contributed by atoms with van der Waals surface area (Å²) in [5.41, 5.74) is 16.7. The summed E-state index contributed by atoms with van der Waals surface area (Å²) in [6, 6.07) is 71.4. The average Bonchev–Trinajstić information content (AvgIpc) is 3.32. The first-order valence-corrected chi connectivity index (χ1v) is 21.4. The summed E-state index contributed by atoms with van der Waals surface area (Å²) in [4.78, 5) is 20.1. The van der Waals surface area contributed by atoms with Crippen LogP contribution < -0.4 is 9.80 Å². The molecular formula is C57H45N5. The van der Waals surface area contributed by atoms with Crippen LogP contribution in [-0.2, 0) is 10.8 Å². The van der Waals surface area contributed by atoms with Gasteiger partial charge in [-0.05, 0) is 100 Å². The monoisotopic (exact) mass is 799 g/mol. The van der Waals surface area contributed by atoms with Crippen LogP contribution in [0.4, 0.5) is 34.1 Å². The molecule has 0 N–H and O–H groups in total. The highest BCUT2D eigenvalue weighted by Crippen LogP contribution is 2.55. The molecule has 0 radical (unpaired) electrons. The van der Waals surface area contributed by atoms with Crippen molar-refractivity contribution in [2.45, 2.75) is 38.5 Å². The molecule has 11 rings (SSSR count). The van der Waals surface area contributed by atoms with Gasteiger partial charge >= 0.3 is 0 Å². The second kappa shape index (κ2) is 14.5. The normalized spacial score (nSPS) is 14.3. The van der Waals surface area contributed by atoms with Gasteiger partial charge in [-0.2, -0.15) is 0 Å². The number of hydrogen-bond acceptors (Lipinski definition) is 5. The number of benzene rings is 8. The van der Waals surface area contributed by atoms with Crippen LogP contribution in [0.15, 0.2) is 200 Å². The van der Waals surface area contributed by atoms with E-state index in [9.17, 15) is 0 Å². The summed E-state index contributed by atoms with van der Waals surface area (Å²) in [7, 11) is 0. The van der Waals surface area contributed by atoms with Crippen molar-refractivity contribution in [1.82, 2.24) is 15.0 Å². The Kier molecular flexibility index (Phi) is 8.76. The molecule has 0 unspecified atom stereocenters. The smallest absolute Gasteiger partial charge is 0.164 e. The van der Waals surface area contributed by atoms with Gasteiger partial charge in [0.25, 0.3) is 0 Å². The van der Waals surface area contributed by atoms with Gasteiger partial charge in [-0.1, -0.05) is 161 Å². The first-order chi connectivity index (χ1) is 30.3. The van der Waals surface area contributed by atoms with Crippen LogP contribution in [0.5, 0.6) is 0 Å². The van der Waals surface area contributed by atoms with Crippen LogP contribution in [0.2, 0.25) is 0 Å². The lowest BCUT2D eigenvalue weighted by Crippen LogP contribution is -2.31. The van der Waals surface area contributed by atoms with E-state index in [2.05, 4.69) is 201 Å². The molecule has 0 spiro atoms. The van der Waals surface area contributed by atoms with Gasteiger partial charge in [-0.15, -0.1) is 0 Å². The van der Waals surface area contributed by atoms with Crippen molar-refractivity contribution < 1.29 is 0 Å². The predicted molar refractivity (Wildman–Crippen MR) is 255 cm³/mol. The molecule has 0 fully saturated rings. The van der Waals surface area contributed by atoms with E-state index in [0.717, 1.165) is 33.8 Å². The van der Waals surface area contributed by atoms with Gasteiger partial charge in [0.15, 0.2) is 17.5 Å². The Bertz CT molecular complexity index is 3070. The zero-order valence-corrected chi connectivity index (χ0v) is 35.3. The SMILES string of the molecule is CC1(C)c2ccccc2N(c2ccccc2)c2cc(-c3ccc4c(c3)C(C)(C)c3cc(-c5nc(-c6ccccc6)nc(-c6ccccc6)n5)ccc3N4c3ccccc3)ccc21. The number of anilines is 6. The zero-order chi connectivity index (χ0) is 42.0. The Morgan fingerprint density at radius 3 is 1.23 bits per heavy atom. The Morgan fingerprint density at radius 2 is 0.661 bits per heavy atom. The van der Waals surface area contributed by atoms with Gasteiger partial charge < -0.3 is 9.80 Å². The predicted octanol–water partition coefficient (Wildman–Crippen LogP) is 14.8. The standard InChI is InChI=1S/C57H45N5/c1-56(2)45-27-17-18-28-49(45)62(44-25-15-8-16-26-44)52-37-41(29-32-46(52)56)40-30-33-50-47(35-40)57(3,4)48-36-42(31-34-51(48)61(50)43-23-13-7-14-24-43)55-59-53(38-19-9-5-10-20-38)58-54(60-55)39-21-11-6-12-22-39/h5-37H,1-4H3. The minimum Gasteiger partial charge on any atom is -0.310 e. The molecule has 0 bridgehead atoms. The van der Waals surface area contributed by atoms with Gasteiger partial charge in [-0.25, -0.2) is 15.0 Å². The van der Waals surface area contributed by atoms with Gasteiger partial charge in [0.05, 0.1) is 22.7 Å². The lowest BCUT2D eigenvalue weighted by atomic mass is 9.71. The molecule has 2 aliphatic heterocycles. The molecule has 0 saturated heterocycles. The van der Waals surface area contributed by atoms with E-state index in [4.69, 9.17) is 15.0 Å². The van der Waals surface area contributed by atoms with E-state index in [1.165, 1.54) is 50.4 Å². The summed E-state index contributed by atoms with van der Waals surface area (Å²) in [6.07, 6.45) is 0. The minimum absolute atomic E-state index is 0.173. The van der Waals surface area contributed by atoms with E-state index in [1.807, 2.05) is 36.4 Å². The number of aromatic nitrogens is 3. The largest absolute Gasteiger partial charge is 0.310 e. The van der Waals surface area contributed by atoms with Crippen molar-refractivity contribution in [2.24, 2.45) is 0 Å². The van der Waals surface area contributed by atoms with Crippen molar-refractivity contribution in [3.8, 4) is 45.3 Å².